The van der Waals surface area contributed by atoms with Gasteiger partial charge in [-0.2, -0.15) is 0 Å². The van der Waals surface area contributed by atoms with E-state index in [2.05, 4.69) is 51.5 Å². The second-order valence-corrected chi connectivity index (χ2v) is 8.99. The highest BCUT2D eigenvalue weighted by molar-refractivity contribution is 6.77. The molecule has 0 radical (unpaired) electrons. The van der Waals surface area contributed by atoms with E-state index in [1.165, 1.54) is 0 Å². The fourth-order valence-corrected chi connectivity index (χ4v) is 6.39. The largest absolute Gasteiger partial charge is 0.325 e. The minimum Gasteiger partial charge on any atom is -0.325 e. The fourth-order valence-electron chi connectivity index (χ4n) is 2.13. The van der Waals surface area contributed by atoms with Crippen molar-refractivity contribution in [2.75, 3.05) is 13.1 Å². The summed E-state index contributed by atoms with van der Waals surface area (Å²) >= 11 is 0. The Morgan fingerprint density at radius 3 is 1.31 bits per heavy atom. The Morgan fingerprint density at radius 2 is 1.15 bits per heavy atom. The normalized spacial score (nSPS) is 12.9. The van der Waals surface area contributed by atoms with Gasteiger partial charge in [-0.3, -0.25) is 0 Å². The quantitative estimate of drug-likeness (QED) is 0.647. The van der Waals surface area contributed by atoms with E-state index in [0.717, 1.165) is 24.2 Å². The minimum atomic E-state index is -1.45. The van der Waals surface area contributed by atoms with Gasteiger partial charge in [0, 0.05) is 0 Å². The van der Waals surface area contributed by atoms with E-state index in [1.54, 1.807) is 0 Å². The second kappa shape index (κ2) is 5.78. The third-order valence-corrected chi connectivity index (χ3v) is 8.28. The Kier molecular flexibility index (Phi) is 5.84. The second-order valence-electron chi connectivity index (χ2n) is 4.24. The van der Waals surface area contributed by atoms with E-state index in [4.69, 9.17) is 0 Å². The van der Waals surface area contributed by atoms with Crippen LogP contribution in [-0.4, -0.2) is 21.5 Å². The van der Waals surface area contributed by atoms with Crippen molar-refractivity contribution >= 4 is 8.40 Å². The first kappa shape index (κ1) is 13.1. The third-order valence-electron chi connectivity index (χ3n) is 2.76. The molecule has 0 aromatic carbocycles. The smallest absolute Gasteiger partial charge is 0.206 e. The van der Waals surface area contributed by atoms with Crippen molar-refractivity contribution in [1.82, 2.24) is 9.96 Å². The fraction of sp³-hybridized carbons (Fsp3) is 1.00. The van der Waals surface area contributed by atoms with Crippen LogP contribution >= 0.6 is 0 Å². The minimum absolute atomic E-state index is 0.743. The van der Waals surface area contributed by atoms with Gasteiger partial charge < -0.3 is 9.96 Å². The van der Waals surface area contributed by atoms with Gasteiger partial charge in [0.2, 0.25) is 8.40 Å². The highest BCUT2D eigenvalue weighted by Gasteiger charge is 2.38. The van der Waals surface area contributed by atoms with E-state index in [9.17, 15) is 0 Å². The topological polar surface area (TPSA) is 24.1 Å². The number of hydrogen-bond donors (Lipinski definition) is 2. The highest BCUT2D eigenvalue weighted by Crippen LogP contribution is 2.26. The first-order valence-corrected chi connectivity index (χ1v) is 7.66. The van der Waals surface area contributed by atoms with Crippen molar-refractivity contribution in [3.63, 3.8) is 0 Å². The van der Waals surface area contributed by atoms with E-state index in [0.29, 0.717) is 0 Å². The zero-order valence-electron chi connectivity index (χ0n) is 10.1. The molecule has 0 saturated heterocycles. The van der Waals surface area contributed by atoms with Gasteiger partial charge in [0.25, 0.3) is 0 Å². The summed E-state index contributed by atoms with van der Waals surface area (Å²) < 4.78 is 0. The van der Waals surface area contributed by atoms with Gasteiger partial charge in [0.15, 0.2) is 0 Å². The molecule has 0 amide bonds. The van der Waals surface area contributed by atoms with Gasteiger partial charge in [-0.25, -0.2) is 0 Å². The van der Waals surface area contributed by atoms with Gasteiger partial charge in [-0.05, 0) is 24.2 Å². The lowest BCUT2D eigenvalue weighted by Gasteiger charge is -2.39. The molecule has 3 heteroatoms. The molecule has 13 heavy (non-hydrogen) atoms. The van der Waals surface area contributed by atoms with Gasteiger partial charge >= 0.3 is 0 Å². The molecule has 0 aliphatic carbocycles. The Balaban J connectivity index is 4.59. The van der Waals surface area contributed by atoms with E-state index in [-0.39, 0.29) is 0 Å². The summed E-state index contributed by atoms with van der Waals surface area (Å²) in [5.41, 5.74) is 1.49. The zero-order chi connectivity index (χ0) is 10.5. The highest BCUT2D eigenvalue weighted by atomic mass is 28.3. The molecule has 80 valence electrons. The van der Waals surface area contributed by atoms with E-state index in [1.807, 2.05) is 0 Å². The number of rotatable bonds is 6. The van der Waals surface area contributed by atoms with Gasteiger partial charge in [0.1, 0.15) is 0 Å². The standard InChI is InChI=1S/C10H26N2Si/c1-7-11-13(9(3)4,10(5)6)12-8-2/h9-12H,7-8H2,1-6H3. The molecule has 0 aliphatic heterocycles. The molecular formula is C10H26N2Si. The van der Waals surface area contributed by atoms with E-state index >= 15 is 0 Å². The average molecular weight is 202 g/mol. The molecule has 0 aromatic heterocycles. The summed E-state index contributed by atoms with van der Waals surface area (Å²) in [5, 5.41) is 0. The molecule has 0 aromatic rings. The molecule has 0 spiro atoms. The molecule has 2 N–H and O–H groups in total. The first-order valence-electron chi connectivity index (χ1n) is 5.51. The monoisotopic (exact) mass is 202 g/mol. The van der Waals surface area contributed by atoms with Gasteiger partial charge in [0.05, 0.1) is 0 Å². The molecule has 0 fully saturated rings. The molecule has 0 unspecified atom stereocenters. The van der Waals surface area contributed by atoms with Crippen LogP contribution in [0.15, 0.2) is 0 Å². The molecule has 0 aliphatic rings. The number of hydrogen-bond acceptors (Lipinski definition) is 2. The summed E-state index contributed by atoms with van der Waals surface area (Å²) in [6.45, 7) is 15.9. The summed E-state index contributed by atoms with van der Waals surface area (Å²) in [6.07, 6.45) is 0. The van der Waals surface area contributed by atoms with Crippen molar-refractivity contribution in [2.45, 2.75) is 52.6 Å². The predicted octanol–water partition coefficient (Wildman–Crippen LogP) is 2.47. The van der Waals surface area contributed by atoms with Crippen molar-refractivity contribution in [3.8, 4) is 0 Å². The van der Waals surface area contributed by atoms with Crippen molar-refractivity contribution in [3.05, 3.63) is 0 Å². The van der Waals surface area contributed by atoms with Crippen LogP contribution in [0.4, 0.5) is 0 Å². The van der Waals surface area contributed by atoms with Crippen LogP contribution < -0.4 is 9.96 Å². The maximum atomic E-state index is 3.72. The van der Waals surface area contributed by atoms with Crippen LogP contribution in [0, 0.1) is 0 Å². The van der Waals surface area contributed by atoms with Gasteiger partial charge in [-0.1, -0.05) is 41.5 Å². The number of nitrogens with one attached hydrogen (secondary N) is 2. The Labute approximate surface area is 84.7 Å². The zero-order valence-corrected chi connectivity index (χ0v) is 11.1. The molecule has 0 atom stereocenters. The Morgan fingerprint density at radius 1 is 0.846 bits per heavy atom. The molecule has 0 saturated carbocycles. The van der Waals surface area contributed by atoms with Crippen LogP contribution in [0.3, 0.4) is 0 Å². The van der Waals surface area contributed by atoms with Crippen molar-refractivity contribution in [1.29, 1.82) is 0 Å². The molecular weight excluding hydrogens is 176 g/mol. The summed E-state index contributed by atoms with van der Waals surface area (Å²) in [4.78, 5) is 7.45. The molecule has 2 nitrogen and oxygen atoms in total. The lowest BCUT2D eigenvalue weighted by Crippen LogP contribution is -2.66. The Bertz CT molecular complexity index is 119. The van der Waals surface area contributed by atoms with Crippen LogP contribution in [0.25, 0.3) is 0 Å². The molecule has 0 rings (SSSR count). The molecule has 0 bridgehead atoms. The maximum Gasteiger partial charge on any atom is 0.206 e. The lowest BCUT2D eigenvalue weighted by atomic mass is 10.5. The predicted molar refractivity (Wildman–Crippen MR) is 63.3 cm³/mol. The Hall–Kier alpha value is 0.137. The average Bonchev–Trinajstić information content (AvgIpc) is 2.03. The summed E-state index contributed by atoms with van der Waals surface area (Å²) in [7, 11) is -1.45. The van der Waals surface area contributed by atoms with Crippen molar-refractivity contribution < 1.29 is 0 Å². The summed E-state index contributed by atoms with van der Waals surface area (Å²) in [6, 6.07) is 0. The lowest BCUT2D eigenvalue weighted by molar-refractivity contribution is 0.730. The van der Waals surface area contributed by atoms with Crippen LogP contribution in [0.5, 0.6) is 0 Å². The SMILES string of the molecule is CCN[Si](NCC)(C(C)C)C(C)C. The van der Waals surface area contributed by atoms with Crippen molar-refractivity contribution in [2.24, 2.45) is 0 Å². The van der Waals surface area contributed by atoms with Crippen LogP contribution in [-0.2, 0) is 0 Å². The molecule has 0 heterocycles. The first-order chi connectivity index (χ1) is 6.01. The van der Waals surface area contributed by atoms with Crippen LogP contribution in [0.2, 0.25) is 11.1 Å². The van der Waals surface area contributed by atoms with Gasteiger partial charge in [-0.15, -0.1) is 0 Å². The summed E-state index contributed by atoms with van der Waals surface area (Å²) in [5.74, 6) is 0. The maximum absolute atomic E-state index is 3.72. The van der Waals surface area contributed by atoms with E-state index < -0.39 is 8.40 Å². The van der Waals surface area contributed by atoms with Crippen LogP contribution in [0.1, 0.15) is 41.5 Å². The third kappa shape index (κ3) is 3.08.